The van der Waals surface area contributed by atoms with Crippen molar-refractivity contribution in [1.82, 2.24) is 0 Å². The lowest BCUT2D eigenvalue weighted by atomic mass is 9.67. The quantitative estimate of drug-likeness (QED) is 0.198. The lowest BCUT2D eigenvalue weighted by Gasteiger charge is -2.33. The largest absolute Gasteiger partial charge is 0.456 e. The Kier molecular flexibility index (Phi) is 6.11. The molecule has 9 rings (SSSR count). The molecule has 0 aliphatic heterocycles. The number of hydrogen-bond acceptors (Lipinski definition) is 2. The number of furan rings is 1. The van der Waals surface area contributed by atoms with Crippen molar-refractivity contribution in [2.45, 2.75) is 18.8 Å². The highest BCUT2D eigenvalue weighted by Gasteiger charge is 2.47. The van der Waals surface area contributed by atoms with E-state index in [4.69, 9.17) is 4.42 Å². The lowest BCUT2D eigenvalue weighted by Crippen LogP contribution is -2.28. The van der Waals surface area contributed by atoms with Gasteiger partial charge in [-0.1, -0.05) is 134 Å². The molecule has 2 nitrogen and oxygen atoms in total. The van der Waals surface area contributed by atoms with Crippen LogP contribution in [0.1, 0.15) is 35.6 Å². The molecular weight excluding hydrogens is 558 g/mol. The first-order valence-corrected chi connectivity index (χ1v) is 16.2. The Morgan fingerprint density at radius 2 is 1.26 bits per heavy atom. The molecule has 46 heavy (non-hydrogen) atoms. The van der Waals surface area contributed by atoms with Crippen molar-refractivity contribution in [3.8, 4) is 11.1 Å². The number of allylic oxidation sites excluding steroid dienone is 4. The summed E-state index contributed by atoms with van der Waals surface area (Å²) in [6.07, 6.45) is 7.68. The topological polar surface area (TPSA) is 16.4 Å². The number of hydrogen-bond donors (Lipinski definition) is 0. The second kappa shape index (κ2) is 10.5. The predicted molar refractivity (Wildman–Crippen MR) is 191 cm³/mol. The van der Waals surface area contributed by atoms with E-state index in [1.807, 2.05) is 0 Å². The monoisotopic (exact) mass is 591 g/mol. The fourth-order valence-electron chi connectivity index (χ4n) is 7.95. The first-order valence-electron chi connectivity index (χ1n) is 16.2. The maximum absolute atomic E-state index is 7.05. The number of fused-ring (bicyclic) bond motifs is 6. The minimum Gasteiger partial charge on any atom is -0.456 e. The van der Waals surface area contributed by atoms with Crippen LogP contribution in [0.25, 0.3) is 33.1 Å². The van der Waals surface area contributed by atoms with Gasteiger partial charge in [-0.2, -0.15) is 0 Å². The van der Waals surface area contributed by atoms with Gasteiger partial charge in [-0.3, -0.25) is 0 Å². The summed E-state index contributed by atoms with van der Waals surface area (Å²) >= 11 is 0. The van der Waals surface area contributed by atoms with Crippen LogP contribution in [-0.2, 0) is 5.41 Å². The van der Waals surface area contributed by atoms with Gasteiger partial charge >= 0.3 is 0 Å². The standard InChI is InChI=1S/C44H33NO/c1-30-14-12-19-33(28-30)45(32-17-6-3-7-18-32)34-26-27-37-38-22-13-25-41(43(38)46-42(37)29-34)44(31-15-4-2-5-16-31)39-23-10-8-20-35(39)36-21-9-11-24-40(36)44/h2-27,29-30H,28H2,1H3. The van der Waals surface area contributed by atoms with Crippen LogP contribution in [0.3, 0.4) is 0 Å². The highest BCUT2D eigenvalue weighted by Crippen LogP contribution is 2.57. The Balaban J connectivity index is 1.31. The molecule has 0 N–H and O–H groups in total. The van der Waals surface area contributed by atoms with Gasteiger partial charge in [0.25, 0.3) is 0 Å². The summed E-state index contributed by atoms with van der Waals surface area (Å²) in [5, 5.41) is 2.26. The summed E-state index contributed by atoms with van der Waals surface area (Å²) in [6.45, 7) is 2.28. The molecule has 0 fully saturated rings. The van der Waals surface area contributed by atoms with E-state index in [9.17, 15) is 0 Å². The molecule has 1 aromatic heterocycles. The first kappa shape index (κ1) is 26.8. The summed E-state index contributed by atoms with van der Waals surface area (Å²) in [7, 11) is 0. The number of para-hydroxylation sites is 2. The molecule has 220 valence electrons. The van der Waals surface area contributed by atoms with E-state index in [-0.39, 0.29) is 0 Å². The predicted octanol–water partition coefficient (Wildman–Crippen LogP) is 11.6. The molecule has 0 saturated carbocycles. The second-order valence-corrected chi connectivity index (χ2v) is 12.6. The Labute approximate surface area is 269 Å². The van der Waals surface area contributed by atoms with Crippen molar-refractivity contribution in [1.29, 1.82) is 0 Å². The third-order valence-electron chi connectivity index (χ3n) is 9.86. The molecule has 0 spiro atoms. The van der Waals surface area contributed by atoms with Crippen LogP contribution in [0.15, 0.2) is 174 Å². The molecular formula is C44H33NO. The van der Waals surface area contributed by atoms with Gasteiger partial charge < -0.3 is 9.32 Å². The van der Waals surface area contributed by atoms with E-state index in [0.717, 1.165) is 39.7 Å². The zero-order valence-corrected chi connectivity index (χ0v) is 25.7. The van der Waals surface area contributed by atoms with Crippen molar-refractivity contribution in [2.24, 2.45) is 5.92 Å². The van der Waals surface area contributed by atoms with E-state index >= 15 is 0 Å². The van der Waals surface area contributed by atoms with E-state index in [1.54, 1.807) is 0 Å². The minimum atomic E-state index is -0.518. The zero-order valence-electron chi connectivity index (χ0n) is 25.7. The fraction of sp³-hybridized carbons (Fsp3) is 0.0909. The fourth-order valence-corrected chi connectivity index (χ4v) is 7.95. The van der Waals surface area contributed by atoms with Crippen molar-refractivity contribution >= 4 is 33.3 Å². The maximum Gasteiger partial charge on any atom is 0.140 e. The summed E-state index contributed by atoms with van der Waals surface area (Å²) in [5.74, 6) is 0.482. The van der Waals surface area contributed by atoms with Gasteiger partial charge in [-0.25, -0.2) is 0 Å². The Hall–Kier alpha value is -5.60. The number of benzene rings is 6. The van der Waals surface area contributed by atoms with Gasteiger partial charge in [0.05, 0.1) is 5.41 Å². The molecule has 1 atom stereocenters. The molecule has 2 aliphatic rings. The summed E-state index contributed by atoms with van der Waals surface area (Å²) in [4.78, 5) is 2.38. The molecule has 1 heterocycles. The third-order valence-corrected chi connectivity index (χ3v) is 9.86. The zero-order chi connectivity index (χ0) is 30.7. The summed E-state index contributed by atoms with van der Waals surface area (Å²) in [5.41, 5.74) is 12.4. The Morgan fingerprint density at radius 3 is 1.98 bits per heavy atom. The minimum absolute atomic E-state index is 0.482. The van der Waals surface area contributed by atoms with Crippen LogP contribution in [0.2, 0.25) is 0 Å². The number of nitrogens with zero attached hydrogens (tertiary/aromatic N) is 1. The van der Waals surface area contributed by atoms with Crippen LogP contribution >= 0.6 is 0 Å². The van der Waals surface area contributed by atoms with Crippen LogP contribution in [0.5, 0.6) is 0 Å². The van der Waals surface area contributed by atoms with Gasteiger partial charge in [0, 0.05) is 39.5 Å². The van der Waals surface area contributed by atoms with Gasteiger partial charge in [0.15, 0.2) is 0 Å². The van der Waals surface area contributed by atoms with Crippen LogP contribution in [0.4, 0.5) is 11.4 Å². The third kappa shape index (κ3) is 3.90. The van der Waals surface area contributed by atoms with Gasteiger partial charge in [0.1, 0.15) is 11.2 Å². The number of rotatable bonds is 5. The van der Waals surface area contributed by atoms with Crippen LogP contribution in [0, 0.1) is 5.92 Å². The molecule has 0 saturated heterocycles. The van der Waals surface area contributed by atoms with Crippen molar-refractivity contribution < 1.29 is 4.42 Å². The molecule has 0 amide bonds. The van der Waals surface area contributed by atoms with E-state index in [1.165, 1.54) is 39.1 Å². The Morgan fingerprint density at radius 1 is 0.609 bits per heavy atom. The SMILES string of the molecule is CC1C=CC=C(N(c2ccccc2)c2ccc3c(c2)oc2c(C4(c5ccccc5)c5ccccc5-c5ccccc54)cccc23)C1. The molecule has 7 aromatic rings. The van der Waals surface area contributed by atoms with Crippen LogP contribution in [-0.4, -0.2) is 0 Å². The normalized spacial score (nSPS) is 16.3. The first-order chi connectivity index (χ1) is 22.7. The van der Waals surface area contributed by atoms with Gasteiger partial charge in [-0.15, -0.1) is 0 Å². The van der Waals surface area contributed by atoms with Crippen molar-refractivity contribution in [2.75, 3.05) is 4.90 Å². The van der Waals surface area contributed by atoms with E-state index < -0.39 is 5.41 Å². The highest BCUT2D eigenvalue weighted by atomic mass is 16.3. The molecule has 0 radical (unpaired) electrons. The summed E-state index contributed by atoms with van der Waals surface area (Å²) < 4.78 is 7.05. The van der Waals surface area contributed by atoms with Gasteiger partial charge in [0.2, 0.25) is 0 Å². The molecule has 1 unspecified atom stereocenters. The van der Waals surface area contributed by atoms with E-state index in [0.29, 0.717) is 5.92 Å². The van der Waals surface area contributed by atoms with Crippen molar-refractivity contribution in [3.63, 3.8) is 0 Å². The van der Waals surface area contributed by atoms with Gasteiger partial charge in [-0.05, 0) is 70.5 Å². The van der Waals surface area contributed by atoms with Crippen molar-refractivity contribution in [3.05, 3.63) is 192 Å². The molecule has 2 heteroatoms. The average molecular weight is 592 g/mol. The Bertz CT molecular complexity index is 2260. The highest BCUT2D eigenvalue weighted by molar-refractivity contribution is 6.08. The molecule has 0 bridgehead atoms. The van der Waals surface area contributed by atoms with E-state index in [2.05, 4.69) is 176 Å². The maximum atomic E-state index is 7.05. The van der Waals surface area contributed by atoms with Crippen LogP contribution < -0.4 is 4.90 Å². The number of anilines is 2. The molecule has 2 aliphatic carbocycles. The second-order valence-electron chi connectivity index (χ2n) is 12.6. The average Bonchev–Trinajstić information content (AvgIpc) is 3.63. The smallest absolute Gasteiger partial charge is 0.140 e. The lowest BCUT2D eigenvalue weighted by molar-refractivity contribution is 0.648. The molecule has 6 aromatic carbocycles. The summed E-state index contributed by atoms with van der Waals surface area (Å²) in [6, 6.07) is 52.7.